The number of carbonyl (C=O) groups excluding carboxylic acids is 4. The summed E-state index contributed by atoms with van der Waals surface area (Å²) in [7, 11) is 0. The monoisotopic (exact) mass is 676 g/mol. The van der Waals surface area contributed by atoms with Crippen LogP contribution in [0.15, 0.2) is 25.3 Å². The van der Waals surface area contributed by atoms with Crippen LogP contribution in [0, 0.1) is 0 Å². The molecule has 1 heterocycles. The first kappa shape index (κ1) is 41.0. The van der Waals surface area contributed by atoms with Crippen LogP contribution in [-0.2, 0) is 52.4 Å². The fraction of sp³-hybridized carbons (Fsp3) is 0.690. The van der Waals surface area contributed by atoms with Crippen molar-refractivity contribution < 1.29 is 57.5 Å². The van der Waals surface area contributed by atoms with Crippen molar-refractivity contribution in [3.05, 3.63) is 25.3 Å². The third-order valence-electron chi connectivity index (χ3n) is 5.93. The Morgan fingerprint density at radius 3 is 1.48 bits per heavy atom. The predicted octanol–water partition coefficient (Wildman–Crippen LogP) is -0.456. The van der Waals surface area contributed by atoms with Gasteiger partial charge >= 0.3 is 5.97 Å². The van der Waals surface area contributed by atoms with Gasteiger partial charge in [-0.15, -0.1) is 0 Å². The van der Waals surface area contributed by atoms with Crippen LogP contribution < -0.4 is 5.32 Å². The molecule has 1 saturated heterocycles. The van der Waals surface area contributed by atoms with E-state index in [0.29, 0.717) is 85.0 Å². The number of rotatable bonds is 28. The SMILES string of the molecule is C=CC(=O)N1CN(C(=O)C=C)CN(C(=O)CCSCC(=O)NCCOCCOCCOCCOCCOCCOCCC(=O)O)C1. The van der Waals surface area contributed by atoms with Crippen LogP contribution in [-0.4, -0.2) is 167 Å². The van der Waals surface area contributed by atoms with Crippen LogP contribution in [0.25, 0.3) is 0 Å². The first-order valence-corrected chi connectivity index (χ1v) is 16.1. The smallest absolute Gasteiger partial charge is 0.305 e. The number of hydrogen-bond donors (Lipinski definition) is 2. The van der Waals surface area contributed by atoms with E-state index in [0.717, 1.165) is 12.2 Å². The molecular formula is C29H48N4O12S. The summed E-state index contributed by atoms with van der Waals surface area (Å²) >= 11 is 1.31. The highest BCUT2D eigenvalue weighted by atomic mass is 32.2. The predicted molar refractivity (Wildman–Crippen MR) is 168 cm³/mol. The molecule has 0 bridgehead atoms. The standard InChI is InChI=1S/C29H48N4O12S/c1-3-26(35)31-22-32(27(36)4-2)24-33(23-31)28(37)6-20-46-21-25(34)30-7-9-41-11-13-43-15-17-45-19-18-44-16-14-42-12-10-40-8-5-29(38)39/h3-4H,1-2,5-24H2,(H,30,34)(H,38,39). The van der Waals surface area contributed by atoms with Crippen LogP contribution in [0.1, 0.15) is 12.8 Å². The average Bonchev–Trinajstić information content (AvgIpc) is 3.06. The van der Waals surface area contributed by atoms with Crippen molar-refractivity contribution in [1.82, 2.24) is 20.0 Å². The fourth-order valence-electron chi connectivity index (χ4n) is 3.60. The summed E-state index contributed by atoms with van der Waals surface area (Å²) < 4.78 is 32.0. The Balaban J connectivity index is 1.92. The Bertz CT molecular complexity index is 914. The van der Waals surface area contributed by atoms with Crippen molar-refractivity contribution in [3.8, 4) is 0 Å². The second kappa shape index (κ2) is 27.1. The molecule has 1 fully saturated rings. The minimum Gasteiger partial charge on any atom is -0.481 e. The Kier molecular flexibility index (Phi) is 24.1. The molecule has 1 aliphatic heterocycles. The van der Waals surface area contributed by atoms with Crippen molar-refractivity contribution in [2.24, 2.45) is 0 Å². The Morgan fingerprint density at radius 2 is 1.04 bits per heavy atom. The number of carboxylic acids is 1. The van der Waals surface area contributed by atoms with Crippen molar-refractivity contribution in [1.29, 1.82) is 0 Å². The number of hydrogen-bond acceptors (Lipinski definition) is 12. The molecule has 46 heavy (non-hydrogen) atoms. The Morgan fingerprint density at radius 1 is 0.630 bits per heavy atom. The number of carbonyl (C=O) groups is 5. The lowest BCUT2D eigenvalue weighted by Crippen LogP contribution is -2.59. The van der Waals surface area contributed by atoms with Gasteiger partial charge in [-0.05, 0) is 12.2 Å². The van der Waals surface area contributed by atoms with Gasteiger partial charge in [0.2, 0.25) is 23.6 Å². The van der Waals surface area contributed by atoms with Gasteiger partial charge in [-0.25, -0.2) is 0 Å². The summed E-state index contributed by atoms with van der Waals surface area (Å²) in [5.74, 6) is -1.48. The van der Waals surface area contributed by atoms with Crippen molar-refractivity contribution >= 4 is 41.4 Å². The molecule has 1 rings (SSSR count). The second-order valence-corrected chi connectivity index (χ2v) is 10.6. The molecule has 0 radical (unpaired) electrons. The highest BCUT2D eigenvalue weighted by Crippen LogP contribution is 2.12. The zero-order chi connectivity index (χ0) is 33.8. The quantitative estimate of drug-likeness (QED) is 0.0803. The maximum Gasteiger partial charge on any atom is 0.305 e. The van der Waals surface area contributed by atoms with E-state index in [9.17, 15) is 24.0 Å². The second-order valence-electron chi connectivity index (χ2n) is 9.49. The van der Waals surface area contributed by atoms with E-state index >= 15 is 0 Å². The largest absolute Gasteiger partial charge is 0.481 e. The zero-order valence-electron chi connectivity index (χ0n) is 26.4. The molecule has 17 heteroatoms. The molecular weight excluding hydrogens is 628 g/mol. The van der Waals surface area contributed by atoms with Gasteiger partial charge in [-0.2, -0.15) is 11.8 Å². The number of thioether (sulfide) groups is 1. The average molecular weight is 677 g/mol. The fourth-order valence-corrected chi connectivity index (χ4v) is 4.36. The molecule has 16 nitrogen and oxygen atoms in total. The van der Waals surface area contributed by atoms with Gasteiger partial charge in [-0.3, -0.25) is 24.0 Å². The van der Waals surface area contributed by atoms with Crippen LogP contribution in [0.4, 0.5) is 0 Å². The van der Waals surface area contributed by atoms with E-state index in [1.54, 1.807) is 0 Å². The minimum atomic E-state index is -0.891. The number of ether oxygens (including phenoxy) is 6. The van der Waals surface area contributed by atoms with Crippen LogP contribution >= 0.6 is 11.8 Å². The normalized spacial score (nSPS) is 13.0. The van der Waals surface area contributed by atoms with E-state index in [1.165, 1.54) is 26.5 Å². The first-order valence-electron chi connectivity index (χ1n) is 14.9. The van der Waals surface area contributed by atoms with Gasteiger partial charge in [0.15, 0.2) is 0 Å². The molecule has 2 N–H and O–H groups in total. The molecule has 0 aromatic carbocycles. The topological polar surface area (TPSA) is 183 Å². The molecule has 1 aliphatic rings. The molecule has 0 aromatic rings. The van der Waals surface area contributed by atoms with E-state index < -0.39 is 5.97 Å². The highest BCUT2D eigenvalue weighted by Gasteiger charge is 2.30. The number of carboxylic acid groups (broad SMARTS) is 1. The van der Waals surface area contributed by atoms with Crippen molar-refractivity contribution in [2.75, 3.05) is 117 Å². The summed E-state index contributed by atoms with van der Waals surface area (Å²) in [4.78, 5) is 63.2. The maximum atomic E-state index is 12.7. The van der Waals surface area contributed by atoms with Gasteiger partial charge in [0, 0.05) is 18.7 Å². The van der Waals surface area contributed by atoms with Crippen molar-refractivity contribution in [3.63, 3.8) is 0 Å². The van der Waals surface area contributed by atoms with E-state index in [1.807, 2.05) is 0 Å². The maximum absolute atomic E-state index is 12.7. The minimum absolute atomic E-state index is 0.0216. The Hall–Kier alpha value is -3.06. The van der Waals surface area contributed by atoms with Crippen molar-refractivity contribution in [2.45, 2.75) is 12.8 Å². The van der Waals surface area contributed by atoms with Gasteiger partial charge < -0.3 is 53.5 Å². The highest BCUT2D eigenvalue weighted by molar-refractivity contribution is 7.99. The molecule has 0 aliphatic carbocycles. The lowest BCUT2D eigenvalue weighted by atomic mass is 10.3. The van der Waals surface area contributed by atoms with Gasteiger partial charge in [0.05, 0.1) is 111 Å². The van der Waals surface area contributed by atoms with Crippen LogP contribution in [0.3, 0.4) is 0 Å². The van der Waals surface area contributed by atoms with E-state index in [4.69, 9.17) is 33.5 Å². The summed E-state index contributed by atoms with van der Waals surface area (Å²) in [6.07, 6.45) is 2.39. The summed E-state index contributed by atoms with van der Waals surface area (Å²) in [6, 6.07) is 0. The van der Waals surface area contributed by atoms with Gasteiger partial charge in [0.25, 0.3) is 0 Å². The summed E-state index contributed by atoms with van der Waals surface area (Å²) in [6.45, 7) is 12.0. The Labute approximate surface area is 274 Å². The molecule has 0 atom stereocenters. The number of aliphatic carboxylic acids is 1. The lowest BCUT2D eigenvalue weighted by molar-refractivity contribution is -0.154. The van der Waals surface area contributed by atoms with E-state index in [2.05, 4.69) is 18.5 Å². The number of nitrogens with zero attached hydrogens (tertiary/aromatic N) is 3. The summed E-state index contributed by atoms with van der Waals surface area (Å²) in [5.41, 5.74) is 0. The zero-order valence-corrected chi connectivity index (χ0v) is 27.2. The lowest BCUT2D eigenvalue weighted by Gasteiger charge is -2.41. The molecule has 4 amide bonds. The third-order valence-corrected chi connectivity index (χ3v) is 6.89. The number of nitrogens with one attached hydrogen (secondary N) is 1. The third kappa shape index (κ3) is 20.9. The molecule has 262 valence electrons. The van der Waals surface area contributed by atoms with Crippen LogP contribution in [0.2, 0.25) is 0 Å². The molecule has 0 unspecified atom stereocenters. The van der Waals surface area contributed by atoms with Gasteiger partial charge in [0.1, 0.15) is 0 Å². The van der Waals surface area contributed by atoms with E-state index in [-0.39, 0.29) is 68.8 Å². The molecule has 0 spiro atoms. The summed E-state index contributed by atoms with van der Waals surface area (Å²) in [5, 5.41) is 11.2. The van der Waals surface area contributed by atoms with Gasteiger partial charge in [-0.1, -0.05) is 13.2 Å². The first-order chi connectivity index (χ1) is 22.3. The molecule has 0 saturated carbocycles. The van der Waals surface area contributed by atoms with Crippen LogP contribution in [0.5, 0.6) is 0 Å². The number of amides is 4. The molecule has 0 aromatic heterocycles.